The number of carbonyl (C=O) groups is 4. The lowest BCUT2D eigenvalue weighted by Gasteiger charge is -2.35. The Morgan fingerprint density at radius 1 is 1.08 bits per heavy atom. The van der Waals surface area contributed by atoms with E-state index in [1.165, 1.54) is 0 Å². The Balaban J connectivity index is 0.000000538. The van der Waals surface area contributed by atoms with Gasteiger partial charge in [-0.2, -0.15) is 0 Å². The van der Waals surface area contributed by atoms with E-state index in [9.17, 15) is 9.59 Å². The summed E-state index contributed by atoms with van der Waals surface area (Å²) in [5.41, 5.74) is 1.15. The highest BCUT2D eigenvalue weighted by Crippen LogP contribution is 2.39. The van der Waals surface area contributed by atoms with Gasteiger partial charge in [0.2, 0.25) is 11.8 Å². The second-order valence-corrected chi connectivity index (χ2v) is 9.43. The first-order chi connectivity index (χ1) is 17.3. The van der Waals surface area contributed by atoms with Crippen molar-refractivity contribution in [3.63, 3.8) is 0 Å². The van der Waals surface area contributed by atoms with Gasteiger partial charge in [0.15, 0.2) is 0 Å². The summed E-state index contributed by atoms with van der Waals surface area (Å²) >= 11 is 0. The largest absolute Gasteiger partial charge is 0.496 e. The van der Waals surface area contributed by atoms with Crippen LogP contribution < -0.4 is 9.47 Å². The van der Waals surface area contributed by atoms with Crippen LogP contribution in [0, 0.1) is 11.8 Å². The molecular formula is C26H36N2O8. The van der Waals surface area contributed by atoms with E-state index in [-0.39, 0.29) is 23.7 Å². The Labute approximate surface area is 211 Å². The molecule has 0 bridgehead atoms. The SMILES string of the molecule is CCCN(CCCCN1C(=O)C2CCCC2C1=O)C1COc2cccc(OC)c2C1.O=C(O)C(=O)O. The van der Waals surface area contributed by atoms with Gasteiger partial charge in [-0.25, -0.2) is 9.59 Å². The maximum atomic E-state index is 12.5. The summed E-state index contributed by atoms with van der Waals surface area (Å²) in [6, 6.07) is 6.30. The van der Waals surface area contributed by atoms with Crippen LogP contribution in [0.3, 0.4) is 0 Å². The predicted octanol–water partition coefficient (Wildman–Crippen LogP) is 2.43. The third-order valence-corrected chi connectivity index (χ3v) is 7.15. The van der Waals surface area contributed by atoms with Gasteiger partial charge in [-0.1, -0.05) is 19.4 Å². The molecular weight excluding hydrogens is 468 g/mol. The van der Waals surface area contributed by atoms with Crippen LogP contribution in [-0.4, -0.2) is 83.2 Å². The van der Waals surface area contributed by atoms with E-state index in [1.807, 2.05) is 18.2 Å². The van der Waals surface area contributed by atoms with E-state index in [1.54, 1.807) is 12.0 Å². The number of rotatable bonds is 9. The molecule has 2 heterocycles. The number of ether oxygens (including phenoxy) is 2. The van der Waals surface area contributed by atoms with E-state index >= 15 is 0 Å². The van der Waals surface area contributed by atoms with Crippen molar-refractivity contribution in [2.45, 2.75) is 57.9 Å². The molecule has 3 aliphatic rings. The Hall–Kier alpha value is -3.14. The summed E-state index contributed by atoms with van der Waals surface area (Å²) in [7, 11) is 1.71. The number of methoxy groups -OCH3 is 1. The minimum atomic E-state index is -1.82. The summed E-state index contributed by atoms with van der Waals surface area (Å²) in [6.07, 6.45) is 6.65. The molecule has 0 radical (unpaired) electrons. The van der Waals surface area contributed by atoms with Gasteiger partial charge in [0.1, 0.15) is 18.1 Å². The minimum absolute atomic E-state index is 0.0245. The van der Waals surface area contributed by atoms with E-state index in [4.69, 9.17) is 29.3 Å². The minimum Gasteiger partial charge on any atom is -0.496 e. The molecule has 3 atom stereocenters. The second kappa shape index (κ2) is 12.7. The van der Waals surface area contributed by atoms with Gasteiger partial charge in [0.05, 0.1) is 18.9 Å². The molecule has 2 amide bonds. The Morgan fingerprint density at radius 2 is 1.75 bits per heavy atom. The zero-order chi connectivity index (χ0) is 26.2. The molecule has 36 heavy (non-hydrogen) atoms. The lowest BCUT2D eigenvalue weighted by Crippen LogP contribution is -2.44. The van der Waals surface area contributed by atoms with Gasteiger partial charge in [-0.15, -0.1) is 0 Å². The number of carboxylic acid groups (broad SMARTS) is 2. The number of nitrogens with zero attached hydrogens (tertiary/aromatic N) is 2. The number of imide groups is 1. The maximum Gasteiger partial charge on any atom is 0.414 e. The number of carboxylic acids is 2. The first-order valence-electron chi connectivity index (χ1n) is 12.6. The van der Waals surface area contributed by atoms with Crippen LogP contribution in [0.4, 0.5) is 0 Å². The molecule has 1 aromatic rings. The first-order valence-corrected chi connectivity index (χ1v) is 12.6. The van der Waals surface area contributed by atoms with Gasteiger partial charge < -0.3 is 19.7 Å². The molecule has 2 N–H and O–H groups in total. The van der Waals surface area contributed by atoms with Crippen LogP contribution in [0.25, 0.3) is 0 Å². The van der Waals surface area contributed by atoms with Crippen molar-refractivity contribution in [2.75, 3.05) is 33.4 Å². The van der Waals surface area contributed by atoms with Crippen molar-refractivity contribution in [1.82, 2.24) is 9.80 Å². The van der Waals surface area contributed by atoms with Crippen LogP contribution in [0.1, 0.15) is 51.0 Å². The number of hydrogen-bond donors (Lipinski definition) is 2. The standard InChI is InChI=1S/C24H34N2O4.C2H2O4/c1-3-12-25(17-15-20-21(29-2)10-7-11-22(20)30-16-17)13-4-5-14-26-23(27)18-8-6-9-19(18)24(26)28;3-1(4)2(5)6/h7,10-11,17-19H,3-6,8-9,12-16H2,1-2H3;(H,3,4)(H,5,6). The Morgan fingerprint density at radius 3 is 2.33 bits per heavy atom. The molecule has 1 aliphatic carbocycles. The van der Waals surface area contributed by atoms with Crippen LogP contribution >= 0.6 is 0 Å². The molecule has 198 valence electrons. The zero-order valence-electron chi connectivity index (χ0n) is 21.0. The number of carbonyl (C=O) groups excluding carboxylic acids is 2. The van der Waals surface area contributed by atoms with Crippen molar-refractivity contribution in [2.24, 2.45) is 11.8 Å². The fraction of sp³-hybridized carbons (Fsp3) is 0.615. The fourth-order valence-corrected chi connectivity index (χ4v) is 5.42. The smallest absolute Gasteiger partial charge is 0.414 e. The normalized spacial score (nSPS) is 22.4. The topological polar surface area (TPSA) is 134 Å². The van der Waals surface area contributed by atoms with Gasteiger partial charge >= 0.3 is 11.9 Å². The number of likely N-dealkylation sites (tertiary alicyclic amines) is 1. The Bertz CT molecular complexity index is 917. The number of benzene rings is 1. The molecule has 4 rings (SSSR count). The zero-order valence-corrected chi connectivity index (χ0v) is 21.0. The van der Waals surface area contributed by atoms with Crippen molar-refractivity contribution in [1.29, 1.82) is 0 Å². The predicted molar refractivity (Wildman–Crippen MR) is 130 cm³/mol. The van der Waals surface area contributed by atoms with Gasteiger partial charge in [0.25, 0.3) is 0 Å². The summed E-state index contributed by atoms with van der Waals surface area (Å²) in [6.45, 7) is 5.43. The Kier molecular flexibility index (Phi) is 9.69. The quantitative estimate of drug-likeness (QED) is 0.295. The van der Waals surface area contributed by atoms with E-state index in [0.717, 1.165) is 75.1 Å². The van der Waals surface area contributed by atoms with Crippen molar-refractivity contribution in [3.05, 3.63) is 23.8 Å². The summed E-state index contributed by atoms with van der Waals surface area (Å²) in [4.78, 5) is 47.3. The molecule has 2 aliphatic heterocycles. The van der Waals surface area contributed by atoms with E-state index in [0.29, 0.717) is 19.2 Å². The molecule has 1 saturated carbocycles. The van der Waals surface area contributed by atoms with Crippen LogP contribution in [0.5, 0.6) is 11.5 Å². The second-order valence-electron chi connectivity index (χ2n) is 9.43. The molecule has 10 nitrogen and oxygen atoms in total. The molecule has 1 aromatic carbocycles. The average Bonchev–Trinajstić information content (AvgIpc) is 3.44. The fourth-order valence-electron chi connectivity index (χ4n) is 5.42. The van der Waals surface area contributed by atoms with Crippen LogP contribution in [0.2, 0.25) is 0 Å². The average molecular weight is 505 g/mol. The van der Waals surface area contributed by atoms with Gasteiger partial charge in [-0.3, -0.25) is 19.4 Å². The number of unbranched alkanes of at least 4 members (excludes halogenated alkanes) is 1. The molecule has 0 aromatic heterocycles. The maximum absolute atomic E-state index is 12.5. The first kappa shape index (κ1) is 27.4. The highest BCUT2D eigenvalue weighted by Gasteiger charge is 2.49. The van der Waals surface area contributed by atoms with Crippen LogP contribution in [0.15, 0.2) is 18.2 Å². The lowest BCUT2D eigenvalue weighted by atomic mass is 10.00. The summed E-state index contributed by atoms with van der Waals surface area (Å²) in [5, 5.41) is 14.8. The van der Waals surface area contributed by atoms with Crippen LogP contribution in [-0.2, 0) is 25.6 Å². The lowest BCUT2D eigenvalue weighted by molar-refractivity contribution is -0.159. The highest BCUT2D eigenvalue weighted by molar-refractivity contribution is 6.27. The molecule has 2 fully saturated rings. The third kappa shape index (κ3) is 6.34. The van der Waals surface area contributed by atoms with Gasteiger partial charge in [-0.05, 0) is 63.7 Å². The molecule has 3 unspecified atom stereocenters. The number of amides is 2. The van der Waals surface area contributed by atoms with E-state index in [2.05, 4.69) is 11.8 Å². The monoisotopic (exact) mass is 504 g/mol. The third-order valence-electron chi connectivity index (χ3n) is 7.15. The summed E-state index contributed by atoms with van der Waals surface area (Å²) in [5.74, 6) is -1.71. The molecule has 1 saturated heterocycles. The summed E-state index contributed by atoms with van der Waals surface area (Å²) < 4.78 is 11.6. The van der Waals surface area contributed by atoms with E-state index < -0.39 is 11.9 Å². The van der Waals surface area contributed by atoms with Crippen molar-refractivity contribution >= 4 is 23.8 Å². The number of fused-ring (bicyclic) bond motifs is 2. The molecule has 0 spiro atoms. The molecule has 10 heteroatoms. The van der Waals surface area contributed by atoms with Crippen molar-refractivity contribution < 1.29 is 38.9 Å². The number of aliphatic carboxylic acids is 2. The number of hydrogen-bond acceptors (Lipinski definition) is 7. The van der Waals surface area contributed by atoms with Crippen molar-refractivity contribution in [3.8, 4) is 11.5 Å². The van der Waals surface area contributed by atoms with Gasteiger partial charge in [0, 0.05) is 18.2 Å². The highest BCUT2D eigenvalue weighted by atomic mass is 16.5.